The van der Waals surface area contributed by atoms with Crippen LogP contribution in [0.4, 0.5) is 4.39 Å². The molecule has 0 aliphatic heterocycles. The van der Waals surface area contributed by atoms with Gasteiger partial charge in [-0.3, -0.25) is 5.41 Å². The number of nitrogen functional groups attached to an aromatic ring is 1. The zero-order valence-corrected chi connectivity index (χ0v) is 10.9. The fourth-order valence-electron chi connectivity index (χ4n) is 1.51. The van der Waals surface area contributed by atoms with Crippen LogP contribution in [0.25, 0.3) is 0 Å². The number of hydrogen-bond donors (Lipinski definition) is 2. The summed E-state index contributed by atoms with van der Waals surface area (Å²) < 4.78 is 18.8. The van der Waals surface area contributed by atoms with Gasteiger partial charge in [0, 0.05) is 11.1 Å². The Morgan fingerprint density at radius 1 is 1.11 bits per heavy atom. The standard InChI is InChI=1S/C14H13FN2O.ClH/c15-13-4-2-1-3-11(13)9-18-12-7-5-10(6-8-12)14(16)17;/h1-8H,9H2,(H3,16,17);1H. The highest BCUT2D eigenvalue weighted by molar-refractivity contribution is 5.94. The van der Waals surface area contributed by atoms with Crippen molar-refractivity contribution < 1.29 is 9.13 Å². The third-order valence-electron chi connectivity index (χ3n) is 2.52. The van der Waals surface area contributed by atoms with E-state index in [2.05, 4.69) is 0 Å². The molecular formula is C14H14ClFN2O. The van der Waals surface area contributed by atoms with E-state index < -0.39 is 0 Å². The number of ether oxygens (including phenoxy) is 1. The molecule has 0 unspecified atom stereocenters. The van der Waals surface area contributed by atoms with Crippen LogP contribution in [0.15, 0.2) is 48.5 Å². The van der Waals surface area contributed by atoms with E-state index in [1.165, 1.54) is 6.07 Å². The van der Waals surface area contributed by atoms with Gasteiger partial charge in [-0.2, -0.15) is 0 Å². The smallest absolute Gasteiger partial charge is 0.129 e. The number of halogens is 2. The second-order valence-corrected chi connectivity index (χ2v) is 3.82. The summed E-state index contributed by atoms with van der Waals surface area (Å²) in [5, 5.41) is 7.26. The zero-order chi connectivity index (χ0) is 13.0. The number of benzene rings is 2. The lowest BCUT2D eigenvalue weighted by Crippen LogP contribution is -2.10. The lowest BCUT2D eigenvalue weighted by Gasteiger charge is -2.07. The summed E-state index contributed by atoms with van der Waals surface area (Å²) in [4.78, 5) is 0. The van der Waals surface area contributed by atoms with Gasteiger partial charge in [0.2, 0.25) is 0 Å². The van der Waals surface area contributed by atoms with Crippen LogP contribution in [-0.4, -0.2) is 5.84 Å². The van der Waals surface area contributed by atoms with Gasteiger partial charge in [0.05, 0.1) is 0 Å². The lowest BCUT2D eigenvalue weighted by atomic mass is 10.2. The molecule has 0 aliphatic rings. The zero-order valence-electron chi connectivity index (χ0n) is 10.1. The van der Waals surface area contributed by atoms with Crippen LogP contribution in [0.3, 0.4) is 0 Å². The van der Waals surface area contributed by atoms with Crippen molar-refractivity contribution in [1.82, 2.24) is 0 Å². The van der Waals surface area contributed by atoms with Crippen molar-refractivity contribution in [1.29, 1.82) is 5.41 Å². The maximum atomic E-state index is 13.3. The quantitative estimate of drug-likeness (QED) is 0.668. The summed E-state index contributed by atoms with van der Waals surface area (Å²) in [5.41, 5.74) is 6.48. The van der Waals surface area contributed by atoms with Crippen LogP contribution in [-0.2, 0) is 6.61 Å². The predicted octanol–water partition coefficient (Wildman–Crippen LogP) is 3.11. The minimum absolute atomic E-state index is 0. The highest BCUT2D eigenvalue weighted by Crippen LogP contribution is 2.15. The van der Waals surface area contributed by atoms with Gasteiger partial charge in [0.1, 0.15) is 24.0 Å². The molecule has 0 aliphatic carbocycles. The summed E-state index contributed by atoms with van der Waals surface area (Å²) in [7, 11) is 0. The second-order valence-electron chi connectivity index (χ2n) is 3.82. The molecule has 0 heterocycles. The molecule has 0 atom stereocenters. The van der Waals surface area contributed by atoms with Gasteiger partial charge in [-0.05, 0) is 30.3 Å². The van der Waals surface area contributed by atoms with Crippen LogP contribution in [0.1, 0.15) is 11.1 Å². The molecule has 3 N–H and O–H groups in total. The molecule has 0 saturated carbocycles. The maximum Gasteiger partial charge on any atom is 0.129 e. The summed E-state index contributed by atoms with van der Waals surface area (Å²) in [5.74, 6) is 0.344. The van der Waals surface area contributed by atoms with Crippen molar-refractivity contribution >= 4 is 18.2 Å². The number of hydrogen-bond acceptors (Lipinski definition) is 2. The van der Waals surface area contributed by atoms with Crippen molar-refractivity contribution in [2.24, 2.45) is 5.73 Å². The summed E-state index contributed by atoms with van der Waals surface area (Å²) in [6.45, 7) is 0.173. The van der Waals surface area contributed by atoms with Crippen molar-refractivity contribution in [2.75, 3.05) is 0 Å². The molecule has 2 rings (SSSR count). The molecule has 0 spiro atoms. The minimum Gasteiger partial charge on any atom is -0.489 e. The van der Waals surface area contributed by atoms with Crippen molar-refractivity contribution in [2.45, 2.75) is 6.61 Å². The van der Waals surface area contributed by atoms with Gasteiger partial charge in [-0.25, -0.2) is 4.39 Å². The monoisotopic (exact) mass is 280 g/mol. The van der Waals surface area contributed by atoms with E-state index in [0.717, 1.165) is 0 Å². The first kappa shape index (κ1) is 15.0. The van der Waals surface area contributed by atoms with Crippen LogP contribution in [0.5, 0.6) is 5.75 Å². The molecule has 2 aromatic rings. The number of rotatable bonds is 4. The Hall–Kier alpha value is -2.07. The molecular weight excluding hydrogens is 267 g/mol. The van der Waals surface area contributed by atoms with E-state index >= 15 is 0 Å². The Kier molecular flexibility index (Phi) is 5.33. The van der Waals surface area contributed by atoms with Gasteiger partial charge in [0.25, 0.3) is 0 Å². The molecule has 100 valence electrons. The number of amidine groups is 1. The highest BCUT2D eigenvalue weighted by Gasteiger charge is 2.02. The van der Waals surface area contributed by atoms with Gasteiger partial charge < -0.3 is 10.5 Å². The van der Waals surface area contributed by atoms with Crippen molar-refractivity contribution in [3.05, 3.63) is 65.5 Å². The average Bonchev–Trinajstić information content (AvgIpc) is 2.38. The van der Waals surface area contributed by atoms with Gasteiger partial charge in [-0.1, -0.05) is 18.2 Å². The predicted molar refractivity (Wildman–Crippen MR) is 75.4 cm³/mol. The summed E-state index contributed by atoms with van der Waals surface area (Å²) in [6, 6.07) is 13.3. The molecule has 0 aromatic heterocycles. The maximum absolute atomic E-state index is 13.3. The first-order valence-electron chi connectivity index (χ1n) is 5.47. The molecule has 0 amide bonds. The topological polar surface area (TPSA) is 59.1 Å². The van der Waals surface area contributed by atoms with Crippen molar-refractivity contribution in [3.63, 3.8) is 0 Å². The van der Waals surface area contributed by atoms with Gasteiger partial charge in [-0.15, -0.1) is 12.4 Å². The van der Waals surface area contributed by atoms with Crippen LogP contribution >= 0.6 is 12.4 Å². The van der Waals surface area contributed by atoms with E-state index in [1.54, 1.807) is 42.5 Å². The first-order valence-corrected chi connectivity index (χ1v) is 5.47. The Bertz CT molecular complexity index is 558. The Morgan fingerprint density at radius 2 is 1.74 bits per heavy atom. The van der Waals surface area contributed by atoms with Gasteiger partial charge in [0.15, 0.2) is 0 Å². The van der Waals surface area contributed by atoms with E-state index in [0.29, 0.717) is 16.9 Å². The highest BCUT2D eigenvalue weighted by atomic mass is 35.5. The molecule has 3 nitrogen and oxygen atoms in total. The largest absolute Gasteiger partial charge is 0.489 e. The molecule has 0 bridgehead atoms. The fraction of sp³-hybridized carbons (Fsp3) is 0.0714. The van der Waals surface area contributed by atoms with E-state index in [9.17, 15) is 4.39 Å². The van der Waals surface area contributed by atoms with Crippen LogP contribution in [0.2, 0.25) is 0 Å². The fourth-order valence-corrected chi connectivity index (χ4v) is 1.51. The van der Waals surface area contributed by atoms with Crippen molar-refractivity contribution in [3.8, 4) is 5.75 Å². The van der Waals surface area contributed by atoms with Crippen LogP contribution < -0.4 is 10.5 Å². The van der Waals surface area contributed by atoms with Crippen LogP contribution in [0, 0.1) is 11.2 Å². The molecule has 0 fully saturated rings. The normalized spacial score (nSPS) is 9.53. The second kappa shape index (κ2) is 6.75. The van der Waals surface area contributed by atoms with E-state index in [-0.39, 0.29) is 30.7 Å². The summed E-state index contributed by atoms with van der Waals surface area (Å²) >= 11 is 0. The Balaban J connectivity index is 0.00000180. The molecule has 0 radical (unpaired) electrons. The Morgan fingerprint density at radius 3 is 2.32 bits per heavy atom. The Labute approximate surface area is 117 Å². The lowest BCUT2D eigenvalue weighted by molar-refractivity contribution is 0.300. The molecule has 19 heavy (non-hydrogen) atoms. The number of nitrogens with one attached hydrogen (secondary N) is 1. The number of nitrogens with two attached hydrogens (primary N) is 1. The first-order chi connectivity index (χ1) is 8.66. The van der Waals surface area contributed by atoms with Gasteiger partial charge >= 0.3 is 0 Å². The summed E-state index contributed by atoms with van der Waals surface area (Å²) in [6.07, 6.45) is 0. The van der Waals surface area contributed by atoms with E-state index in [1.807, 2.05) is 0 Å². The SMILES string of the molecule is Cl.N=C(N)c1ccc(OCc2ccccc2F)cc1. The minimum atomic E-state index is -0.280. The average molecular weight is 281 g/mol. The van der Waals surface area contributed by atoms with E-state index in [4.69, 9.17) is 15.9 Å². The third-order valence-corrected chi connectivity index (χ3v) is 2.52. The molecule has 2 aromatic carbocycles. The third kappa shape index (κ3) is 3.96. The molecule has 0 saturated heterocycles. The molecule has 5 heteroatoms.